The molecule has 0 aromatic rings. The first-order valence-electron chi connectivity index (χ1n) is 6.76. The van der Waals surface area contributed by atoms with E-state index < -0.39 is 17.9 Å². The largest absolute Gasteiger partial charge is 0.480 e. The van der Waals surface area contributed by atoms with E-state index in [-0.39, 0.29) is 31.1 Å². The molecule has 20 heavy (non-hydrogen) atoms. The van der Waals surface area contributed by atoms with Crippen LogP contribution in [0.5, 0.6) is 0 Å². The molecule has 2 amide bonds. The third-order valence-corrected chi connectivity index (χ3v) is 2.92. The normalized spacial score (nSPS) is 13.8. The van der Waals surface area contributed by atoms with Crippen molar-refractivity contribution < 1.29 is 19.5 Å². The summed E-state index contributed by atoms with van der Waals surface area (Å²) in [5.41, 5.74) is 10.6. The van der Waals surface area contributed by atoms with E-state index >= 15 is 0 Å². The van der Waals surface area contributed by atoms with Crippen molar-refractivity contribution in [3.8, 4) is 0 Å². The van der Waals surface area contributed by atoms with Gasteiger partial charge in [0, 0.05) is 12.8 Å². The monoisotopic (exact) mass is 287 g/mol. The Kier molecular flexibility index (Phi) is 8.54. The van der Waals surface area contributed by atoms with Crippen LogP contribution in [0.2, 0.25) is 0 Å². The van der Waals surface area contributed by atoms with Gasteiger partial charge in [0.1, 0.15) is 6.04 Å². The minimum atomic E-state index is -1.17. The Morgan fingerprint density at radius 1 is 1.25 bits per heavy atom. The standard InChI is InChI=1S/C13H25N3O4/c1-8(2)5-9(7-14)6-12(18)16-10(13(19)20)3-4-11(15)17/h8-10H,3-7,14H2,1-2H3,(H2,15,17)(H,16,18)(H,19,20)/t9-,10+/m0/s1. The average Bonchev–Trinajstić information content (AvgIpc) is 2.32. The molecule has 0 radical (unpaired) electrons. The van der Waals surface area contributed by atoms with Crippen LogP contribution in [0.1, 0.15) is 39.5 Å². The molecule has 7 nitrogen and oxygen atoms in total. The highest BCUT2D eigenvalue weighted by atomic mass is 16.4. The summed E-state index contributed by atoms with van der Waals surface area (Å²) in [7, 11) is 0. The van der Waals surface area contributed by atoms with Crippen LogP contribution in [0, 0.1) is 11.8 Å². The predicted octanol–water partition coefficient (Wildman–Crippen LogP) is -0.168. The van der Waals surface area contributed by atoms with E-state index in [1.165, 1.54) is 0 Å². The molecule has 0 aliphatic heterocycles. The molecule has 0 aliphatic rings. The van der Waals surface area contributed by atoms with E-state index in [9.17, 15) is 14.4 Å². The Morgan fingerprint density at radius 2 is 1.85 bits per heavy atom. The molecule has 0 spiro atoms. The number of carboxylic acids is 1. The van der Waals surface area contributed by atoms with Gasteiger partial charge in [0.2, 0.25) is 11.8 Å². The Bertz CT molecular complexity index is 345. The first-order valence-corrected chi connectivity index (χ1v) is 6.76. The van der Waals surface area contributed by atoms with Crippen molar-refractivity contribution in [2.24, 2.45) is 23.3 Å². The number of hydrogen-bond acceptors (Lipinski definition) is 4. The first kappa shape index (κ1) is 18.4. The second-order valence-electron chi connectivity index (χ2n) is 5.40. The van der Waals surface area contributed by atoms with Crippen LogP contribution in [0.25, 0.3) is 0 Å². The maximum Gasteiger partial charge on any atom is 0.326 e. The molecule has 116 valence electrons. The molecular weight excluding hydrogens is 262 g/mol. The van der Waals surface area contributed by atoms with Gasteiger partial charge in [-0.3, -0.25) is 9.59 Å². The maximum atomic E-state index is 11.8. The van der Waals surface area contributed by atoms with Gasteiger partial charge in [-0.25, -0.2) is 4.79 Å². The molecule has 0 bridgehead atoms. The van der Waals surface area contributed by atoms with Crippen LogP contribution >= 0.6 is 0 Å². The molecular formula is C13H25N3O4. The number of primary amides is 1. The topological polar surface area (TPSA) is 136 Å². The van der Waals surface area contributed by atoms with Crippen LogP contribution in [0.4, 0.5) is 0 Å². The van der Waals surface area contributed by atoms with Gasteiger partial charge in [-0.2, -0.15) is 0 Å². The SMILES string of the molecule is CC(C)C[C@H](CN)CC(=O)N[C@H](CCC(N)=O)C(=O)O. The summed E-state index contributed by atoms with van der Waals surface area (Å²) in [6, 6.07) is -1.09. The van der Waals surface area contributed by atoms with Crippen LogP contribution in [-0.2, 0) is 14.4 Å². The first-order chi connectivity index (χ1) is 9.26. The van der Waals surface area contributed by atoms with Gasteiger partial charge in [0.05, 0.1) is 0 Å². The minimum absolute atomic E-state index is 0.00607. The maximum absolute atomic E-state index is 11.8. The van der Waals surface area contributed by atoms with E-state index in [0.29, 0.717) is 12.5 Å². The second kappa shape index (κ2) is 9.30. The van der Waals surface area contributed by atoms with Gasteiger partial charge in [-0.1, -0.05) is 13.8 Å². The van der Waals surface area contributed by atoms with Crippen LogP contribution in [-0.4, -0.2) is 35.5 Å². The second-order valence-corrected chi connectivity index (χ2v) is 5.40. The van der Waals surface area contributed by atoms with Crippen LogP contribution in [0.3, 0.4) is 0 Å². The third-order valence-electron chi connectivity index (χ3n) is 2.92. The molecule has 0 aromatic heterocycles. The number of carbonyl (C=O) groups excluding carboxylic acids is 2. The van der Waals surface area contributed by atoms with E-state index in [1.807, 2.05) is 13.8 Å². The quantitative estimate of drug-likeness (QED) is 0.442. The predicted molar refractivity (Wildman–Crippen MR) is 74.6 cm³/mol. The fourth-order valence-corrected chi connectivity index (χ4v) is 1.99. The summed E-state index contributed by atoms with van der Waals surface area (Å²) in [4.78, 5) is 33.5. The fourth-order valence-electron chi connectivity index (χ4n) is 1.99. The molecule has 0 aliphatic carbocycles. The number of hydrogen-bond donors (Lipinski definition) is 4. The molecule has 0 aromatic carbocycles. The number of carbonyl (C=O) groups is 3. The lowest BCUT2D eigenvalue weighted by Crippen LogP contribution is -2.42. The smallest absolute Gasteiger partial charge is 0.326 e. The van der Waals surface area contributed by atoms with E-state index in [4.69, 9.17) is 16.6 Å². The Morgan fingerprint density at radius 3 is 2.25 bits per heavy atom. The van der Waals surface area contributed by atoms with Crippen molar-refractivity contribution in [1.29, 1.82) is 0 Å². The Labute approximate surface area is 119 Å². The van der Waals surface area contributed by atoms with Gasteiger partial charge in [0.15, 0.2) is 0 Å². The number of rotatable bonds is 10. The zero-order chi connectivity index (χ0) is 15.7. The number of amides is 2. The Hall–Kier alpha value is -1.63. The molecule has 6 N–H and O–H groups in total. The highest BCUT2D eigenvalue weighted by molar-refractivity contribution is 5.84. The van der Waals surface area contributed by atoms with Crippen LogP contribution in [0.15, 0.2) is 0 Å². The summed E-state index contributed by atoms with van der Waals surface area (Å²) < 4.78 is 0. The molecule has 2 atom stereocenters. The molecule has 7 heteroatoms. The lowest BCUT2D eigenvalue weighted by Gasteiger charge is -2.19. The molecule has 0 rings (SSSR count). The van der Waals surface area contributed by atoms with E-state index in [0.717, 1.165) is 6.42 Å². The molecule has 0 saturated carbocycles. The van der Waals surface area contributed by atoms with E-state index in [2.05, 4.69) is 5.32 Å². The zero-order valence-electron chi connectivity index (χ0n) is 12.1. The molecule has 0 fully saturated rings. The number of carboxylic acid groups (broad SMARTS) is 1. The lowest BCUT2D eigenvalue weighted by molar-refractivity contribution is -0.142. The van der Waals surface area contributed by atoms with Gasteiger partial charge >= 0.3 is 5.97 Å². The van der Waals surface area contributed by atoms with Gasteiger partial charge in [-0.15, -0.1) is 0 Å². The lowest BCUT2D eigenvalue weighted by atomic mass is 9.94. The highest BCUT2D eigenvalue weighted by Crippen LogP contribution is 2.14. The van der Waals surface area contributed by atoms with E-state index in [1.54, 1.807) is 0 Å². The van der Waals surface area contributed by atoms with Crippen LogP contribution < -0.4 is 16.8 Å². The van der Waals surface area contributed by atoms with Gasteiger partial charge in [0.25, 0.3) is 0 Å². The molecule has 0 unspecified atom stereocenters. The highest BCUT2D eigenvalue weighted by Gasteiger charge is 2.22. The summed E-state index contributed by atoms with van der Waals surface area (Å²) in [5.74, 6) is -1.68. The number of aliphatic carboxylic acids is 1. The van der Waals surface area contributed by atoms with Crippen molar-refractivity contribution in [3.05, 3.63) is 0 Å². The van der Waals surface area contributed by atoms with Gasteiger partial charge in [-0.05, 0) is 31.2 Å². The van der Waals surface area contributed by atoms with Gasteiger partial charge < -0.3 is 21.9 Å². The Balaban J connectivity index is 4.37. The summed E-state index contributed by atoms with van der Waals surface area (Å²) >= 11 is 0. The summed E-state index contributed by atoms with van der Waals surface area (Å²) in [6.45, 7) is 4.45. The van der Waals surface area contributed by atoms with Crippen molar-refractivity contribution in [3.63, 3.8) is 0 Å². The van der Waals surface area contributed by atoms with Crippen molar-refractivity contribution in [2.45, 2.75) is 45.6 Å². The zero-order valence-corrected chi connectivity index (χ0v) is 12.1. The fraction of sp³-hybridized carbons (Fsp3) is 0.769. The minimum Gasteiger partial charge on any atom is -0.480 e. The van der Waals surface area contributed by atoms with Crippen molar-refractivity contribution in [2.75, 3.05) is 6.54 Å². The molecule has 0 saturated heterocycles. The van der Waals surface area contributed by atoms with Crippen molar-refractivity contribution in [1.82, 2.24) is 5.32 Å². The van der Waals surface area contributed by atoms with Crippen molar-refractivity contribution >= 4 is 17.8 Å². The number of nitrogens with one attached hydrogen (secondary N) is 1. The third kappa shape index (κ3) is 8.47. The molecule has 0 heterocycles. The number of nitrogens with two attached hydrogens (primary N) is 2. The summed E-state index contributed by atoms with van der Waals surface area (Å²) in [5, 5.41) is 11.4. The summed E-state index contributed by atoms with van der Waals surface area (Å²) in [6.07, 6.45) is 0.912. The average molecular weight is 287 g/mol.